The van der Waals surface area contributed by atoms with Crippen LogP contribution in [-0.4, -0.2) is 11.9 Å². The summed E-state index contributed by atoms with van der Waals surface area (Å²) in [6.07, 6.45) is 0. The Morgan fingerprint density at radius 1 is 1.21 bits per heavy atom. The summed E-state index contributed by atoms with van der Waals surface area (Å²) in [6.45, 7) is 1.31. The molecule has 0 saturated carbocycles. The summed E-state index contributed by atoms with van der Waals surface area (Å²) in [5.74, 6) is -1.46. The summed E-state index contributed by atoms with van der Waals surface area (Å²) >= 11 is 0. The molecule has 0 spiro atoms. The van der Waals surface area contributed by atoms with Crippen molar-refractivity contribution in [2.45, 2.75) is 6.92 Å². The van der Waals surface area contributed by atoms with Crippen LogP contribution in [0.3, 0.4) is 0 Å². The van der Waals surface area contributed by atoms with Gasteiger partial charge in [0.15, 0.2) is 0 Å². The van der Waals surface area contributed by atoms with E-state index in [2.05, 4.69) is 5.73 Å². The fourth-order valence-electron chi connectivity index (χ4n) is 0.574. The minimum Gasteiger partial charge on any atom is -0.545 e. The fraction of sp³-hybridized carbons (Fsp3) is 0.111. The predicted molar refractivity (Wildman–Crippen MR) is 45.6 cm³/mol. The van der Waals surface area contributed by atoms with Crippen LogP contribution in [0.1, 0.15) is 17.3 Å². The molecule has 1 aromatic rings. The van der Waals surface area contributed by atoms with E-state index in [0.717, 1.165) is 0 Å². The summed E-state index contributed by atoms with van der Waals surface area (Å²) in [6, 6.07) is 8.06. The number of rotatable bonds is 1. The zero-order valence-electron chi connectivity index (χ0n) is 8.19. The molecule has 2 N–H and O–H groups in total. The molecule has 5 heteroatoms. The number of carbonyl (C=O) groups excluding carboxylic acids is 2. The van der Waals surface area contributed by atoms with Crippen molar-refractivity contribution in [3.8, 4) is 0 Å². The van der Waals surface area contributed by atoms with Crippen molar-refractivity contribution in [1.82, 2.24) is 0 Å². The van der Waals surface area contributed by atoms with Gasteiger partial charge in [-0.2, -0.15) is 0 Å². The van der Waals surface area contributed by atoms with Crippen LogP contribution in [-0.2, 0) is 4.79 Å². The van der Waals surface area contributed by atoms with Gasteiger partial charge >= 0.3 is 29.6 Å². The van der Waals surface area contributed by atoms with Crippen molar-refractivity contribution >= 4 is 11.9 Å². The molecule has 1 aromatic carbocycles. The Kier molecular flexibility index (Phi) is 9.76. The van der Waals surface area contributed by atoms with Crippen LogP contribution in [0.4, 0.5) is 0 Å². The molecule has 0 aliphatic rings. The third kappa shape index (κ3) is 9.25. The third-order valence-corrected chi connectivity index (χ3v) is 1.01. The van der Waals surface area contributed by atoms with Crippen LogP contribution in [0.25, 0.3) is 0 Å². The van der Waals surface area contributed by atoms with Crippen molar-refractivity contribution in [1.29, 1.82) is 0 Å². The Morgan fingerprint density at radius 3 is 1.79 bits per heavy atom. The number of amides is 1. The van der Waals surface area contributed by atoms with Crippen molar-refractivity contribution in [2.24, 2.45) is 5.73 Å². The van der Waals surface area contributed by atoms with E-state index in [0.29, 0.717) is 0 Å². The van der Waals surface area contributed by atoms with Crippen molar-refractivity contribution in [3.63, 3.8) is 0 Å². The molecule has 0 aliphatic carbocycles. The quantitative estimate of drug-likeness (QED) is 0.482. The van der Waals surface area contributed by atoms with Crippen LogP contribution in [0.5, 0.6) is 0 Å². The predicted octanol–water partition coefficient (Wildman–Crippen LogP) is -3.45. The summed E-state index contributed by atoms with van der Waals surface area (Å²) in [7, 11) is 0. The Balaban J connectivity index is 0. The van der Waals surface area contributed by atoms with Gasteiger partial charge in [-0.3, -0.25) is 4.79 Å². The van der Waals surface area contributed by atoms with E-state index < -0.39 is 5.97 Å². The number of carboxylic acid groups (broad SMARTS) is 1. The second-order valence-electron chi connectivity index (χ2n) is 2.26. The normalized spacial score (nSPS) is 7.50. The Morgan fingerprint density at radius 2 is 1.57 bits per heavy atom. The smallest absolute Gasteiger partial charge is 0.545 e. The first-order valence-electron chi connectivity index (χ1n) is 3.56. The molecule has 4 nitrogen and oxygen atoms in total. The zero-order valence-corrected chi connectivity index (χ0v) is 10.2. The molecule has 0 bridgehead atoms. The fourth-order valence-corrected chi connectivity index (χ4v) is 0.574. The van der Waals surface area contributed by atoms with Gasteiger partial charge in [-0.25, -0.2) is 0 Å². The third-order valence-electron chi connectivity index (χ3n) is 1.01. The van der Waals surface area contributed by atoms with Gasteiger partial charge in [-0.05, 0) is 5.56 Å². The molecule has 0 heterocycles. The summed E-state index contributed by atoms with van der Waals surface area (Å²) in [4.78, 5) is 19.3. The number of hydrogen-bond donors (Lipinski definition) is 1. The molecule has 0 aliphatic heterocycles. The first kappa shape index (κ1) is 15.6. The number of hydrogen-bond acceptors (Lipinski definition) is 3. The van der Waals surface area contributed by atoms with Crippen molar-refractivity contribution < 1.29 is 44.3 Å². The second kappa shape index (κ2) is 8.74. The average Bonchev–Trinajstić information content (AvgIpc) is 2.05. The molecule has 14 heavy (non-hydrogen) atoms. The molecule has 0 radical (unpaired) electrons. The zero-order chi connectivity index (χ0) is 10.3. The van der Waals surface area contributed by atoms with Crippen LogP contribution >= 0.6 is 0 Å². The minimum absolute atomic E-state index is 0. The van der Waals surface area contributed by atoms with Gasteiger partial charge in [0.25, 0.3) is 0 Å². The molecular formula is C9H10NNaO3. The van der Waals surface area contributed by atoms with Crippen molar-refractivity contribution in [3.05, 3.63) is 35.9 Å². The van der Waals surface area contributed by atoms with Gasteiger partial charge in [0, 0.05) is 6.92 Å². The van der Waals surface area contributed by atoms with E-state index in [1.807, 2.05) is 0 Å². The number of aromatic carboxylic acids is 1. The van der Waals surface area contributed by atoms with Crippen molar-refractivity contribution in [2.75, 3.05) is 0 Å². The largest absolute Gasteiger partial charge is 1.00 e. The minimum atomic E-state index is -1.13. The number of benzene rings is 1. The average molecular weight is 203 g/mol. The number of nitrogens with two attached hydrogens (primary N) is 1. The van der Waals surface area contributed by atoms with Crippen LogP contribution in [0, 0.1) is 0 Å². The Bertz CT molecular complexity index is 283. The molecule has 1 amide bonds. The van der Waals surface area contributed by atoms with Gasteiger partial charge in [0.1, 0.15) is 0 Å². The van der Waals surface area contributed by atoms with Gasteiger partial charge < -0.3 is 15.6 Å². The molecule has 70 valence electrons. The maximum absolute atomic E-state index is 10.1. The van der Waals surface area contributed by atoms with Gasteiger partial charge in [-0.1, -0.05) is 30.3 Å². The van der Waals surface area contributed by atoms with E-state index in [9.17, 15) is 14.7 Å². The standard InChI is InChI=1S/C7H6O2.C2H5NO.Na/c8-7(9)6-4-2-1-3-5-6;1-2(3)4;/h1-5H,(H,8,9);1H3,(H2,3,4);/q;;+1/p-1. The molecule has 1 rings (SSSR count). The van der Waals surface area contributed by atoms with Gasteiger partial charge in [-0.15, -0.1) is 0 Å². The molecule has 0 unspecified atom stereocenters. The molecule has 0 fully saturated rings. The first-order valence-corrected chi connectivity index (χ1v) is 3.56. The number of carbonyl (C=O) groups is 2. The van der Waals surface area contributed by atoms with E-state index in [-0.39, 0.29) is 41.0 Å². The summed E-state index contributed by atoms with van der Waals surface area (Å²) in [5, 5.41) is 10.1. The van der Waals surface area contributed by atoms with Crippen LogP contribution in [0.15, 0.2) is 30.3 Å². The Labute approximate surface area is 104 Å². The van der Waals surface area contributed by atoms with E-state index in [1.165, 1.54) is 19.1 Å². The van der Waals surface area contributed by atoms with Gasteiger partial charge in [0.2, 0.25) is 5.91 Å². The van der Waals surface area contributed by atoms with Gasteiger partial charge in [0.05, 0.1) is 5.97 Å². The maximum Gasteiger partial charge on any atom is 1.00 e. The first-order chi connectivity index (χ1) is 6.04. The number of primary amides is 1. The summed E-state index contributed by atoms with van der Waals surface area (Å²) in [5.41, 5.74) is 4.69. The monoisotopic (exact) mass is 203 g/mol. The van der Waals surface area contributed by atoms with E-state index in [4.69, 9.17) is 0 Å². The molecule has 0 saturated heterocycles. The SMILES string of the molecule is CC(N)=O.O=C([O-])c1ccccc1.[Na+]. The molecular weight excluding hydrogens is 193 g/mol. The molecule has 0 aromatic heterocycles. The molecule has 0 atom stereocenters. The second-order valence-corrected chi connectivity index (χ2v) is 2.26. The van der Waals surface area contributed by atoms with Crippen LogP contribution < -0.4 is 40.4 Å². The topological polar surface area (TPSA) is 83.2 Å². The maximum atomic E-state index is 10.1. The Hall–Kier alpha value is -0.840. The summed E-state index contributed by atoms with van der Waals surface area (Å²) < 4.78 is 0. The van der Waals surface area contributed by atoms with Crippen LogP contribution in [0.2, 0.25) is 0 Å². The van der Waals surface area contributed by atoms with E-state index >= 15 is 0 Å². The van der Waals surface area contributed by atoms with E-state index in [1.54, 1.807) is 18.2 Å². The number of carboxylic acids is 1.